The van der Waals surface area contributed by atoms with E-state index in [-0.39, 0.29) is 24.7 Å². The number of nitrogens with one attached hydrogen (secondary N) is 1. The molecule has 8 heteroatoms. The SMILES string of the molecule is COC(=O)COc1ccc(C(=O)NCc2ccccc2CN2CC(C)OC(C)C2)cc1OC. The van der Waals surface area contributed by atoms with Gasteiger partial charge in [0.15, 0.2) is 18.1 Å². The van der Waals surface area contributed by atoms with Crippen molar-refractivity contribution in [2.24, 2.45) is 0 Å². The van der Waals surface area contributed by atoms with Gasteiger partial charge >= 0.3 is 5.97 Å². The molecule has 2 aromatic carbocycles. The molecule has 1 heterocycles. The average Bonchev–Trinajstić information content (AvgIpc) is 2.81. The maximum atomic E-state index is 12.8. The van der Waals surface area contributed by atoms with Crippen LogP contribution in [0.3, 0.4) is 0 Å². The zero-order valence-corrected chi connectivity index (χ0v) is 19.6. The minimum absolute atomic E-state index is 0.204. The van der Waals surface area contributed by atoms with E-state index in [4.69, 9.17) is 14.2 Å². The molecule has 33 heavy (non-hydrogen) atoms. The van der Waals surface area contributed by atoms with Crippen molar-refractivity contribution in [2.45, 2.75) is 39.1 Å². The third-order valence-corrected chi connectivity index (χ3v) is 5.45. The van der Waals surface area contributed by atoms with Crippen molar-refractivity contribution in [3.8, 4) is 11.5 Å². The monoisotopic (exact) mass is 456 g/mol. The van der Waals surface area contributed by atoms with Crippen LogP contribution in [0.1, 0.15) is 35.3 Å². The molecule has 178 valence electrons. The number of esters is 1. The molecule has 0 aromatic heterocycles. The predicted octanol–water partition coefficient (Wildman–Crippen LogP) is 2.79. The van der Waals surface area contributed by atoms with Crippen LogP contribution in [-0.2, 0) is 27.4 Å². The maximum Gasteiger partial charge on any atom is 0.343 e. The zero-order valence-electron chi connectivity index (χ0n) is 19.6. The van der Waals surface area contributed by atoms with E-state index in [1.807, 2.05) is 18.2 Å². The Morgan fingerprint density at radius 3 is 2.39 bits per heavy atom. The minimum atomic E-state index is -0.501. The summed E-state index contributed by atoms with van der Waals surface area (Å²) in [5.74, 6) is -0.00366. The van der Waals surface area contributed by atoms with E-state index in [0.29, 0.717) is 23.6 Å². The van der Waals surface area contributed by atoms with Gasteiger partial charge in [-0.1, -0.05) is 24.3 Å². The summed E-state index contributed by atoms with van der Waals surface area (Å²) in [5, 5.41) is 2.99. The van der Waals surface area contributed by atoms with E-state index in [1.165, 1.54) is 19.8 Å². The van der Waals surface area contributed by atoms with Crippen molar-refractivity contribution in [1.82, 2.24) is 10.2 Å². The number of amides is 1. The maximum absolute atomic E-state index is 12.8. The summed E-state index contributed by atoms with van der Waals surface area (Å²) in [5.41, 5.74) is 2.69. The van der Waals surface area contributed by atoms with Gasteiger partial charge in [0.05, 0.1) is 26.4 Å². The van der Waals surface area contributed by atoms with E-state index < -0.39 is 5.97 Å². The summed E-state index contributed by atoms with van der Waals surface area (Å²) in [6.07, 6.45) is 0.408. The van der Waals surface area contributed by atoms with Crippen molar-refractivity contribution < 1.29 is 28.5 Å². The number of nitrogens with zero attached hydrogens (tertiary/aromatic N) is 1. The fourth-order valence-electron chi connectivity index (χ4n) is 3.94. The highest BCUT2D eigenvalue weighted by Gasteiger charge is 2.22. The van der Waals surface area contributed by atoms with Gasteiger partial charge in [0, 0.05) is 31.7 Å². The zero-order chi connectivity index (χ0) is 23.8. The van der Waals surface area contributed by atoms with Crippen molar-refractivity contribution in [2.75, 3.05) is 33.9 Å². The van der Waals surface area contributed by atoms with Gasteiger partial charge in [0.2, 0.25) is 0 Å². The van der Waals surface area contributed by atoms with E-state index in [0.717, 1.165) is 25.2 Å². The van der Waals surface area contributed by atoms with Crippen LogP contribution in [-0.4, -0.2) is 62.9 Å². The van der Waals surface area contributed by atoms with E-state index >= 15 is 0 Å². The van der Waals surface area contributed by atoms with E-state index in [1.54, 1.807) is 18.2 Å². The molecule has 1 saturated heterocycles. The van der Waals surface area contributed by atoms with Crippen molar-refractivity contribution in [3.63, 3.8) is 0 Å². The molecule has 8 nitrogen and oxygen atoms in total. The Morgan fingerprint density at radius 2 is 1.73 bits per heavy atom. The fraction of sp³-hybridized carbons (Fsp3) is 0.440. The van der Waals surface area contributed by atoms with Crippen LogP contribution in [0.5, 0.6) is 11.5 Å². The lowest BCUT2D eigenvalue weighted by Crippen LogP contribution is -2.45. The Morgan fingerprint density at radius 1 is 1.03 bits per heavy atom. The largest absolute Gasteiger partial charge is 0.493 e. The number of hydrogen-bond donors (Lipinski definition) is 1. The molecule has 0 spiro atoms. The number of rotatable bonds is 9. The molecule has 2 atom stereocenters. The number of ether oxygens (including phenoxy) is 4. The lowest BCUT2D eigenvalue weighted by atomic mass is 10.1. The van der Waals surface area contributed by atoms with Gasteiger partial charge in [-0.05, 0) is 43.2 Å². The second-order valence-electron chi connectivity index (χ2n) is 8.13. The van der Waals surface area contributed by atoms with Crippen LogP contribution >= 0.6 is 0 Å². The molecular formula is C25H32N2O6. The Labute approximate surface area is 194 Å². The minimum Gasteiger partial charge on any atom is -0.493 e. The first-order valence-electron chi connectivity index (χ1n) is 11.0. The van der Waals surface area contributed by atoms with E-state index in [2.05, 4.69) is 34.9 Å². The highest BCUT2D eigenvalue weighted by Crippen LogP contribution is 2.28. The first-order chi connectivity index (χ1) is 15.9. The quantitative estimate of drug-likeness (QED) is 0.581. The molecule has 2 unspecified atom stereocenters. The molecule has 0 aliphatic carbocycles. The predicted molar refractivity (Wildman–Crippen MR) is 123 cm³/mol. The summed E-state index contributed by atoms with van der Waals surface area (Å²) in [6.45, 7) is 6.93. The molecule has 1 aliphatic heterocycles. The van der Waals surface area contributed by atoms with Crippen LogP contribution in [0.2, 0.25) is 0 Å². The van der Waals surface area contributed by atoms with Crippen LogP contribution < -0.4 is 14.8 Å². The topological polar surface area (TPSA) is 86.3 Å². The highest BCUT2D eigenvalue weighted by atomic mass is 16.6. The molecule has 2 aromatic rings. The second kappa shape index (κ2) is 11.7. The molecule has 0 bridgehead atoms. The van der Waals surface area contributed by atoms with Crippen LogP contribution in [0.15, 0.2) is 42.5 Å². The molecule has 1 fully saturated rings. The summed E-state index contributed by atoms with van der Waals surface area (Å²) < 4.78 is 21.1. The molecule has 1 aliphatic rings. The molecule has 0 saturated carbocycles. The number of carbonyl (C=O) groups is 2. The average molecular weight is 457 g/mol. The highest BCUT2D eigenvalue weighted by molar-refractivity contribution is 5.94. The van der Waals surface area contributed by atoms with Crippen molar-refractivity contribution >= 4 is 11.9 Å². The van der Waals surface area contributed by atoms with Crippen LogP contribution in [0.4, 0.5) is 0 Å². The first-order valence-corrected chi connectivity index (χ1v) is 11.0. The van der Waals surface area contributed by atoms with Gasteiger partial charge in [-0.3, -0.25) is 9.69 Å². The number of morpholine rings is 1. The van der Waals surface area contributed by atoms with Gasteiger partial charge in [0.1, 0.15) is 0 Å². The molecular weight excluding hydrogens is 424 g/mol. The summed E-state index contributed by atoms with van der Waals surface area (Å²) >= 11 is 0. The second-order valence-corrected chi connectivity index (χ2v) is 8.13. The number of hydrogen-bond acceptors (Lipinski definition) is 7. The summed E-state index contributed by atoms with van der Waals surface area (Å²) in [7, 11) is 2.77. The van der Waals surface area contributed by atoms with Gasteiger partial charge in [-0.15, -0.1) is 0 Å². The van der Waals surface area contributed by atoms with Crippen LogP contribution in [0, 0.1) is 0 Å². The summed E-state index contributed by atoms with van der Waals surface area (Å²) in [4.78, 5) is 26.5. The molecule has 1 amide bonds. The number of methoxy groups -OCH3 is 2. The van der Waals surface area contributed by atoms with Gasteiger partial charge < -0.3 is 24.3 Å². The third kappa shape index (κ3) is 6.94. The smallest absolute Gasteiger partial charge is 0.343 e. The van der Waals surface area contributed by atoms with E-state index in [9.17, 15) is 9.59 Å². The lowest BCUT2D eigenvalue weighted by Gasteiger charge is -2.35. The standard InChI is InChI=1S/C25H32N2O6/c1-17-13-27(14-18(2)33-17)15-21-8-6-5-7-20(21)12-26-25(29)19-9-10-22(23(11-19)30-3)32-16-24(28)31-4/h5-11,17-18H,12-16H2,1-4H3,(H,26,29). The number of carbonyl (C=O) groups excluding carboxylic acids is 2. The van der Waals surface area contributed by atoms with Gasteiger partial charge in [-0.2, -0.15) is 0 Å². The Balaban J connectivity index is 1.63. The van der Waals surface area contributed by atoms with Crippen LogP contribution in [0.25, 0.3) is 0 Å². The molecule has 3 rings (SSSR count). The van der Waals surface area contributed by atoms with Crippen molar-refractivity contribution in [3.05, 3.63) is 59.2 Å². The molecule has 0 radical (unpaired) electrons. The summed E-state index contributed by atoms with van der Waals surface area (Å²) in [6, 6.07) is 13.0. The Kier molecular flexibility index (Phi) is 8.68. The number of benzene rings is 2. The van der Waals surface area contributed by atoms with Crippen molar-refractivity contribution in [1.29, 1.82) is 0 Å². The normalized spacial score (nSPS) is 18.4. The third-order valence-electron chi connectivity index (χ3n) is 5.45. The lowest BCUT2D eigenvalue weighted by molar-refractivity contribution is -0.142. The van der Waals surface area contributed by atoms with Gasteiger partial charge in [-0.25, -0.2) is 4.79 Å². The Bertz CT molecular complexity index is 954. The van der Waals surface area contributed by atoms with Gasteiger partial charge in [0.25, 0.3) is 5.91 Å². The first kappa shape index (κ1) is 24.5. The Hall–Kier alpha value is -3.10. The fourth-order valence-corrected chi connectivity index (χ4v) is 3.94. The molecule has 1 N–H and O–H groups in total.